The topological polar surface area (TPSA) is 113 Å². The van der Waals surface area contributed by atoms with Crippen molar-refractivity contribution in [3.05, 3.63) is 48.0 Å². The first-order chi connectivity index (χ1) is 13.6. The molecule has 1 aliphatic heterocycles. The maximum atomic E-state index is 13.4. The first kappa shape index (κ1) is 18.0. The van der Waals surface area contributed by atoms with E-state index in [0.29, 0.717) is 43.3 Å². The van der Waals surface area contributed by atoms with Crippen molar-refractivity contribution < 1.29 is 9.18 Å². The molecule has 1 aromatic carbocycles. The van der Waals surface area contributed by atoms with E-state index in [1.807, 2.05) is 4.90 Å². The Labute approximate surface area is 160 Å². The molecule has 1 fully saturated rings. The highest BCUT2D eigenvalue weighted by Gasteiger charge is 2.37. The number of anilines is 1. The second-order valence-corrected chi connectivity index (χ2v) is 6.75. The zero-order valence-electron chi connectivity index (χ0n) is 15.3. The molecule has 0 spiro atoms. The molecule has 0 atom stereocenters. The fourth-order valence-electron chi connectivity index (χ4n) is 3.46. The molecule has 1 aliphatic rings. The summed E-state index contributed by atoms with van der Waals surface area (Å²) in [6, 6.07) is 6.41. The van der Waals surface area contributed by atoms with Crippen LogP contribution in [0.4, 0.5) is 10.3 Å². The molecule has 28 heavy (non-hydrogen) atoms. The number of hydrogen-bond acceptors (Lipinski definition) is 7. The third-order valence-electron chi connectivity index (χ3n) is 5.07. The summed E-state index contributed by atoms with van der Waals surface area (Å²) in [6.45, 7) is 2.76. The van der Waals surface area contributed by atoms with Crippen molar-refractivity contribution in [2.45, 2.75) is 25.3 Å². The minimum Gasteiger partial charge on any atom is -0.345 e. The summed E-state index contributed by atoms with van der Waals surface area (Å²) in [5, 5.41) is 17.1. The minimum atomic E-state index is -0.493. The first-order valence-electron chi connectivity index (χ1n) is 8.91. The highest BCUT2D eigenvalue weighted by molar-refractivity contribution is 5.73. The number of hydrogen-bond donors (Lipinski definition) is 2. The van der Waals surface area contributed by atoms with Crippen LogP contribution in [-0.4, -0.2) is 54.5 Å². The lowest BCUT2D eigenvalue weighted by Gasteiger charge is -2.42. The predicted octanol–water partition coefficient (Wildman–Crippen LogP) is 1.75. The summed E-state index contributed by atoms with van der Waals surface area (Å²) >= 11 is 0. The number of piperidine rings is 1. The number of H-pyrrole nitrogens is 1. The lowest BCUT2D eigenvalue weighted by molar-refractivity contribution is -0.130. The summed E-state index contributed by atoms with van der Waals surface area (Å²) in [6.07, 6.45) is 4.55. The van der Waals surface area contributed by atoms with Crippen LogP contribution in [0.15, 0.2) is 36.7 Å². The molecule has 0 radical (unpaired) electrons. The van der Waals surface area contributed by atoms with Gasteiger partial charge in [-0.2, -0.15) is 5.21 Å². The Kier molecular flexibility index (Phi) is 4.68. The summed E-state index contributed by atoms with van der Waals surface area (Å²) < 4.78 is 13.4. The molecular formula is C18H19FN8O. The lowest BCUT2D eigenvalue weighted by Crippen LogP contribution is -2.48. The van der Waals surface area contributed by atoms with Gasteiger partial charge in [0.15, 0.2) is 0 Å². The van der Waals surface area contributed by atoms with Crippen LogP contribution in [0.25, 0.3) is 11.4 Å². The standard InChI is InChI=1S/C18H19FN8O/c1-12(28)27-8-6-18(7-9-27,14-2-4-15(19)5-3-14)22-17-20-10-13(11-21-17)16-23-25-26-24-16/h2-5,10-11H,6-9H2,1H3,(H,20,21,22)(H,23,24,25,26). The molecule has 3 aromatic rings. The molecule has 3 heterocycles. The van der Waals surface area contributed by atoms with Crippen LogP contribution in [-0.2, 0) is 10.3 Å². The number of aromatic amines is 1. The number of likely N-dealkylation sites (tertiary alicyclic amines) is 1. The molecule has 4 rings (SSSR count). The van der Waals surface area contributed by atoms with Gasteiger partial charge in [0.1, 0.15) is 5.82 Å². The second kappa shape index (κ2) is 7.29. The van der Waals surface area contributed by atoms with E-state index >= 15 is 0 Å². The zero-order valence-corrected chi connectivity index (χ0v) is 15.3. The average Bonchev–Trinajstić information content (AvgIpc) is 3.24. The molecule has 0 bridgehead atoms. The Balaban J connectivity index is 1.61. The van der Waals surface area contributed by atoms with Gasteiger partial charge in [0.2, 0.25) is 17.7 Å². The van der Waals surface area contributed by atoms with E-state index < -0.39 is 5.54 Å². The Morgan fingerprint density at radius 3 is 2.43 bits per heavy atom. The predicted molar refractivity (Wildman–Crippen MR) is 98.4 cm³/mol. The maximum absolute atomic E-state index is 13.4. The number of aromatic nitrogens is 6. The molecule has 9 nitrogen and oxygen atoms in total. The molecule has 10 heteroatoms. The number of carbonyl (C=O) groups is 1. The fraction of sp³-hybridized carbons (Fsp3) is 0.333. The van der Waals surface area contributed by atoms with Gasteiger partial charge < -0.3 is 10.2 Å². The van der Waals surface area contributed by atoms with Crippen molar-refractivity contribution >= 4 is 11.9 Å². The van der Waals surface area contributed by atoms with Gasteiger partial charge in [-0.3, -0.25) is 4.79 Å². The van der Waals surface area contributed by atoms with Gasteiger partial charge in [0.25, 0.3) is 0 Å². The summed E-state index contributed by atoms with van der Waals surface area (Å²) in [5.41, 5.74) is 1.08. The molecule has 2 aromatic heterocycles. The number of tetrazole rings is 1. The fourth-order valence-corrected chi connectivity index (χ4v) is 3.46. The molecule has 0 saturated carbocycles. The lowest BCUT2D eigenvalue weighted by atomic mass is 9.81. The number of nitrogens with zero attached hydrogens (tertiary/aromatic N) is 6. The van der Waals surface area contributed by atoms with Gasteiger partial charge in [-0.1, -0.05) is 12.1 Å². The van der Waals surface area contributed by atoms with E-state index in [9.17, 15) is 9.18 Å². The molecular weight excluding hydrogens is 363 g/mol. The van der Waals surface area contributed by atoms with E-state index in [0.717, 1.165) is 5.56 Å². The summed E-state index contributed by atoms with van der Waals surface area (Å²) in [5.74, 6) is 0.608. The largest absolute Gasteiger partial charge is 0.345 e. The monoisotopic (exact) mass is 382 g/mol. The summed E-state index contributed by atoms with van der Waals surface area (Å²) in [4.78, 5) is 22.3. The Bertz CT molecular complexity index is 935. The number of benzene rings is 1. The number of nitrogens with one attached hydrogen (secondary N) is 2. The molecule has 1 amide bonds. The normalized spacial score (nSPS) is 16.0. The van der Waals surface area contributed by atoms with Crippen LogP contribution in [0.1, 0.15) is 25.3 Å². The third-order valence-corrected chi connectivity index (χ3v) is 5.07. The number of halogens is 1. The Morgan fingerprint density at radius 2 is 1.86 bits per heavy atom. The van der Waals surface area contributed by atoms with Gasteiger partial charge in [-0.05, 0) is 35.8 Å². The van der Waals surface area contributed by atoms with E-state index in [1.54, 1.807) is 31.5 Å². The molecule has 0 unspecified atom stereocenters. The molecule has 2 N–H and O–H groups in total. The van der Waals surface area contributed by atoms with E-state index in [2.05, 4.69) is 35.9 Å². The Hall–Kier alpha value is -3.43. The Morgan fingerprint density at radius 1 is 1.18 bits per heavy atom. The van der Waals surface area contributed by atoms with Crippen LogP contribution >= 0.6 is 0 Å². The van der Waals surface area contributed by atoms with Crippen molar-refractivity contribution in [3.8, 4) is 11.4 Å². The van der Waals surface area contributed by atoms with Crippen molar-refractivity contribution in [2.75, 3.05) is 18.4 Å². The quantitative estimate of drug-likeness (QED) is 0.707. The number of carbonyl (C=O) groups excluding carboxylic acids is 1. The number of rotatable bonds is 4. The van der Waals surface area contributed by atoms with Gasteiger partial charge in [-0.15, -0.1) is 10.2 Å². The van der Waals surface area contributed by atoms with Crippen LogP contribution in [0, 0.1) is 5.82 Å². The highest BCUT2D eigenvalue weighted by atomic mass is 19.1. The maximum Gasteiger partial charge on any atom is 0.223 e. The van der Waals surface area contributed by atoms with Crippen molar-refractivity contribution in [2.24, 2.45) is 0 Å². The second-order valence-electron chi connectivity index (χ2n) is 6.75. The van der Waals surface area contributed by atoms with E-state index in [4.69, 9.17) is 0 Å². The highest BCUT2D eigenvalue weighted by Crippen LogP contribution is 2.36. The van der Waals surface area contributed by atoms with Gasteiger partial charge in [0, 0.05) is 32.4 Å². The van der Waals surface area contributed by atoms with Crippen LogP contribution in [0.5, 0.6) is 0 Å². The van der Waals surface area contributed by atoms with Crippen LogP contribution in [0.3, 0.4) is 0 Å². The molecule has 144 valence electrons. The SMILES string of the molecule is CC(=O)N1CCC(Nc2ncc(-c3nn[nH]n3)cn2)(c2ccc(F)cc2)CC1. The van der Waals surface area contributed by atoms with Crippen LogP contribution in [0.2, 0.25) is 0 Å². The minimum absolute atomic E-state index is 0.0495. The van der Waals surface area contributed by atoms with Crippen molar-refractivity contribution in [1.82, 2.24) is 35.5 Å². The zero-order chi connectivity index (χ0) is 19.6. The first-order valence-corrected chi connectivity index (χ1v) is 8.91. The average molecular weight is 382 g/mol. The number of amides is 1. The third kappa shape index (κ3) is 3.53. The van der Waals surface area contributed by atoms with Crippen LogP contribution < -0.4 is 5.32 Å². The van der Waals surface area contributed by atoms with Gasteiger partial charge in [0.05, 0.1) is 11.1 Å². The molecule has 0 aliphatic carbocycles. The van der Waals surface area contributed by atoms with E-state index in [1.165, 1.54) is 12.1 Å². The smallest absolute Gasteiger partial charge is 0.223 e. The molecule has 1 saturated heterocycles. The van der Waals surface area contributed by atoms with Gasteiger partial charge in [-0.25, -0.2) is 14.4 Å². The van der Waals surface area contributed by atoms with Crippen molar-refractivity contribution in [3.63, 3.8) is 0 Å². The van der Waals surface area contributed by atoms with Crippen molar-refractivity contribution in [1.29, 1.82) is 0 Å². The van der Waals surface area contributed by atoms with Gasteiger partial charge >= 0.3 is 0 Å². The summed E-state index contributed by atoms with van der Waals surface area (Å²) in [7, 11) is 0. The van der Waals surface area contributed by atoms with E-state index in [-0.39, 0.29) is 11.7 Å².